The number of thiophene rings is 1. The third kappa shape index (κ3) is 3.72. The SMILES string of the molecule is c1ccc2c(c1)Cc1c-2c2c(c3ccccc13)c1ccccc1n2-c1nc(-c2ccc3c(ccc4ccccc43)c2)c2c(n1)sc1ccccc12. The molecule has 0 bridgehead atoms. The number of fused-ring (bicyclic) bond motifs is 16. The lowest BCUT2D eigenvalue weighted by Crippen LogP contribution is -2.04. The molecule has 236 valence electrons. The van der Waals surface area contributed by atoms with Gasteiger partial charge in [0, 0.05) is 37.4 Å². The van der Waals surface area contributed by atoms with Crippen molar-refractivity contribution in [3.05, 3.63) is 163 Å². The van der Waals surface area contributed by atoms with E-state index in [1.165, 1.54) is 80.9 Å². The van der Waals surface area contributed by atoms with Crippen LogP contribution in [-0.4, -0.2) is 14.5 Å². The molecule has 0 atom stereocenters. The van der Waals surface area contributed by atoms with Crippen molar-refractivity contribution in [3.8, 4) is 28.3 Å². The lowest BCUT2D eigenvalue weighted by Gasteiger charge is -2.14. The van der Waals surface area contributed by atoms with E-state index in [0.717, 1.165) is 33.4 Å². The molecule has 0 fully saturated rings. The highest BCUT2D eigenvalue weighted by Crippen LogP contribution is 2.50. The van der Waals surface area contributed by atoms with Crippen LogP contribution in [0.25, 0.3) is 103 Å². The van der Waals surface area contributed by atoms with Gasteiger partial charge in [-0.2, -0.15) is 0 Å². The molecule has 0 amide bonds. The van der Waals surface area contributed by atoms with Gasteiger partial charge in [0.1, 0.15) is 4.83 Å². The second-order valence-electron chi connectivity index (χ2n) is 13.7. The minimum Gasteiger partial charge on any atom is -0.277 e. The van der Waals surface area contributed by atoms with Crippen LogP contribution in [0.1, 0.15) is 11.1 Å². The van der Waals surface area contributed by atoms with Crippen molar-refractivity contribution in [3.63, 3.8) is 0 Å². The van der Waals surface area contributed by atoms with Gasteiger partial charge in [0.15, 0.2) is 0 Å². The van der Waals surface area contributed by atoms with E-state index in [0.29, 0.717) is 5.95 Å². The van der Waals surface area contributed by atoms with E-state index >= 15 is 0 Å². The number of rotatable bonds is 2. The van der Waals surface area contributed by atoms with Gasteiger partial charge >= 0.3 is 0 Å². The van der Waals surface area contributed by atoms with Crippen LogP contribution in [0, 0.1) is 0 Å². The molecule has 0 N–H and O–H groups in total. The number of aromatic nitrogens is 3. The first-order valence-corrected chi connectivity index (χ1v) is 18.3. The van der Waals surface area contributed by atoms with Crippen molar-refractivity contribution in [2.24, 2.45) is 0 Å². The minimum absolute atomic E-state index is 0.704. The van der Waals surface area contributed by atoms with E-state index in [1.54, 1.807) is 11.3 Å². The minimum atomic E-state index is 0.704. The standard InChI is InChI=1S/C47H27N3S/c1-3-13-31-27(11-1)21-22-29-25-30(23-24-32(29)31)44-43-37-18-8-10-20-40(37)51-46(43)49-47(48-44)50-39-19-9-7-17-36(39)42-35-16-6-5-15-34(35)38-26-28-12-2-4-14-33(28)41(38)45(42)50/h1-25H,26H2. The zero-order chi connectivity index (χ0) is 33.2. The lowest BCUT2D eigenvalue weighted by atomic mass is 9.94. The van der Waals surface area contributed by atoms with Crippen LogP contribution in [0.4, 0.5) is 0 Å². The summed E-state index contributed by atoms with van der Waals surface area (Å²) >= 11 is 1.75. The van der Waals surface area contributed by atoms with Crippen molar-refractivity contribution < 1.29 is 0 Å². The second-order valence-corrected chi connectivity index (χ2v) is 14.7. The van der Waals surface area contributed by atoms with E-state index in [4.69, 9.17) is 9.97 Å². The molecule has 3 heterocycles. The first-order valence-electron chi connectivity index (χ1n) is 17.5. The first-order chi connectivity index (χ1) is 25.3. The van der Waals surface area contributed by atoms with E-state index in [2.05, 4.69) is 156 Å². The zero-order valence-corrected chi connectivity index (χ0v) is 28.2. The fraction of sp³-hybridized carbons (Fsp3) is 0.0213. The molecule has 4 heteroatoms. The van der Waals surface area contributed by atoms with Crippen molar-refractivity contribution in [1.29, 1.82) is 0 Å². The molecule has 8 aromatic carbocycles. The van der Waals surface area contributed by atoms with Gasteiger partial charge in [-0.3, -0.25) is 4.57 Å². The molecule has 1 aliphatic carbocycles. The summed E-state index contributed by atoms with van der Waals surface area (Å²) in [5, 5.41) is 12.4. The topological polar surface area (TPSA) is 30.7 Å². The fourth-order valence-electron chi connectivity index (χ4n) is 8.86. The van der Waals surface area contributed by atoms with Crippen molar-refractivity contribution in [2.45, 2.75) is 6.42 Å². The van der Waals surface area contributed by atoms with E-state index in [1.807, 2.05) is 0 Å². The van der Waals surface area contributed by atoms with E-state index in [9.17, 15) is 0 Å². The predicted octanol–water partition coefficient (Wildman–Crippen LogP) is 12.6. The van der Waals surface area contributed by atoms with Crippen LogP contribution >= 0.6 is 11.3 Å². The second kappa shape index (κ2) is 10.1. The largest absolute Gasteiger partial charge is 0.277 e. The van der Waals surface area contributed by atoms with Crippen LogP contribution < -0.4 is 0 Å². The summed E-state index contributed by atoms with van der Waals surface area (Å²) in [5.41, 5.74) is 9.72. The number of nitrogens with zero attached hydrogens (tertiary/aromatic N) is 3. The van der Waals surface area contributed by atoms with Gasteiger partial charge in [-0.15, -0.1) is 11.3 Å². The number of para-hydroxylation sites is 1. The predicted molar refractivity (Wildman–Crippen MR) is 215 cm³/mol. The Labute approximate surface area is 296 Å². The Kier molecular flexibility index (Phi) is 5.44. The highest BCUT2D eigenvalue weighted by atomic mass is 32.1. The van der Waals surface area contributed by atoms with Crippen LogP contribution in [0.15, 0.2) is 152 Å². The Balaban J connectivity index is 1.24. The Morgan fingerprint density at radius 3 is 2.16 bits per heavy atom. The summed E-state index contributed by atoms with van der Waals surface area (Å²) < 4.78 is 3.58. The summed E-state index contributed by atoms with van der Waals surface area (Å²) in [7, 11) is 0. The fourth-order valence-corrected chi connectivity index (χ4v) is 9.93. The Bertz CT molecular complexity index is 3290. The zero-order valence-electron chi connectivity index (χ0n) is 27.4. The molecule has 51 heavy (non-hydrogen) atoms. The maximum Gasteiger partial charge on any atom is 0.236 e. The summed E-state index contributed by atoms with van der Waals surface area (Å²) in [6.07, 6.45) is 0.913. The first kappa shape index (κ1) is 27.5. The van der Waals surface area contributed by atoms with Gasteiger partial charge in [-0.1, -0.05) is 133 Å². The Morgan fingerprint density at radius 2 is 1.24 bits per heavy atom. The highest BCUT2D eigenvalue weighted by Gasteiger charge is 2.29. The average molecular weight is 666 g/mol. The van der Waals surface area contributed by atoms with Crippen LogP contribution in [0.2, 0.25) is 0 Å². The lowest BCUT2D eigenvalue weighted by molar-refractivity contribution is 1.02. The normalized spacial score (nSPS) is 12.6. The van der Waals surface area contributed by atoms with Crippen molar-refractivity contribution >= 4 is 85.8 Å². The molecule has 0 saturated heterocycles. The smallest absolute Gasteiger partial charge is 0.236 e. The molecule has 12 rings (SSSR count). The molecule has 3 nitrogen and oxygen atoms in total. The maximum absolute atomic E-state index is 5.63. The average Bonchev–Trinajstić information content (AvgIpc) is 3.87. The Hall–Kier alpha value is -6.36. The van der Waals surface area contributed by atoms with Crippen LogP contribution in [0.3, 0.4) is 0 Å². The molecule has 0 aliphatic heterocycles. The third-order valence-corrected chi connectivity index (χ3v) is 12.1. The molecule has 11 aromatic rings. The van der Waals surface area contributed by atoms with Crippen LogP contribution in [-0.2, 0) is 6.42 Å². The highest BCUT2D eigenvalue weighted by molar-refractivity contribution is 7.25. The monoisotopic (exact) mass is 665 g/mol. The molecular formula is C47H27N3S. The summed E-state index contributed by atoms with van der Waals surface area (Å²) in [6, 6.07) is 55.2. The molecule has 0 radical (unpaired) electrons. The van der Waals surface area contributed by atoms with Gasteiger partial charge in [-0.05, 0) is 73.6 Å². The van der Waals surface area contributed by atoms with E-state index < -0.39 is 0 Å². The van der Waals surface area contributed by atoms with Crippen molar-refractivity contribution in [2.75, 3.05) is 0 Å². The van der Waals surface area contributed by atoms with Gasteiger partial charge in [0.25, 0.3) is 0 Å². The Morgan fingerprint density at radius 1 is 0.529 bits per heavy atom. The summed E-state index contributed by atoms with van der Waals surface area (Å²) in [6.45, 7) is 0. The van der Waals surface area contributed by atoms with Gasteiger partial charge in [0.2, 0.25) is 5.95 Å². The summed E-state index contributed by atoms with van der Waals surface area (Å²) in [4.78, 5) is 12.1. The van der Waals surface area contributed by atoms with Gasteiger partial charge in [-0.25, -0.2) is 9.97 Å². The molecule has 1 aliphatic rings. The summed E-state index contributed by atoms with van der Waals surface area (Å²) in [5.74, 6) is 0.704. The molecule has 3 aromatic heterocycles. The molecular weight excluding hydrogens is 639 g/mol. The molecule has 0 saturated carbocycles. The van der Waals surface area contributed by atoms with Crippen LogP contribution in [0.5, 0.6) is 0 Å². The number of hydrogen-bond donors (Lipinski definition) is 0. The quantitative estimate of drug-likeness (QED) is 0.172. The van der Waals surface area contributed by atoms with Gasteiger partial charge in [0.05, 0.1) is 16.7 Å². The van der Waals surface area contributed by atoms with Crippen molar-refractivity contribution in [1.82, 2.24) is 14.5 Å². The molecule has 0 spiro atoms. The van der Waals surface area contributed by atoms with Gasteiger partial charge < -0.3 is 0 Å². The number of hydrogen-bond acceptors (Lipinski definition) is 3. The van der Waals surface area contributed by atoms with E-state index in [-0.39, 0.29) is 0 Å². The maximum atomic E-state index is 5.63. The third-order valence-electron chi connectivity index (χ3n) is 11.0. The number of benzene rings is 8. The molecule has 0 unspecified atom stereocenters.